The molecule has 166 valence electrons. The molecule has 1 amide bonds. The van der Waals surface area contributed by atoms with Crippen LogP contribution in [0.3, 0.4) is 0 Å². The molecule has 0 aliphatic heterocycles. The summed E-state index contributed by atoms with van der Waals surface area (Å²) in [4.78, 5) is 27.1. The molecule has 7 heteroatoms. The molecule has 4 nitrogen and oxygen atoms in total. The number of nitrogens with zero attached hydrogens (tertiary/aromatic N) is 1. The minimum Gasteiger partial charge on any atom is -0.449 e. The lowest BCUT2D eigenvalue weighted by Crippen LogP contribution is -2.39. The molecule has 0 N–H and O–H groups in total. The maximum absolute atomic E-state index is 13.1. The van der Waals surface area contributed by atoms with Crippen molar-refractivity contribution in [1.29, 1.82) is 0 Å². The van der Waals surface area contributed by atoms with Crippen molar-refractivity contribution in [3.8, 4) is 0 Å². The first-order valence-electron chi connectivity index (χ1n) is 9.99. The second-order valence-corrected chi connectivity index (χ2v) is 7.29. The molecule has 3 rings (SSSR count). The Bertz CT molecular complexity index is 1010. The summed E-state index contributed by atoms with van der Waals surface area (Å²) in [6.45, 7) is 2.00. The van der Waals surface area contributed by atoms with Crippen LogP contribution >= 0.6 is 0 Å². The monoisotopic (exact) mass is 441 g/mol. The van der Waals surface area contributed by atoms with Crippen LogP contribution in [0, 0.1) is 0 Å². The van der Waals surface area contributed by atoms with E-state index in [0.717, 1.165) is 23.3 Å². The van der Waals surface area contributed by atoms with Gasteiger partial charge in [-0.2, -0.15) is 13.2 Å². The number of halogens is 3. The van der Waals surface area contributed by atoms with E-state index in [1.54, 1.807) is 4.90 Å². The van der Waals surface area contributed by atoms with Gasteiger partial charge in [-0.3, -0.25) is 4.79 Å². The van der Waals surface area contributed by atoms with Gasteiger partial charge in [-0.1, -0.05) is 66.7 Å². The smallest absolute Gasteiger partial charge is 0.416 e. The fourth-order valence-corrected chi connectivity index (χ4v) is 3.18. The van der Waals surface area contributed by atoms with E-state index in [-0.39, 0.29) is 5.56 Å². The highest BCUT2D eigenvalue weighted by molar-refractivity contribution is 5.92. The highest BCUT2D eigenvalue weighted by Crippen LogP contribution is 2.29. The third-order valence-electron chi connectivity index (χ3n) is 4.80. The molecule has 0 bridgehead atoms. The largest absolute Gasteiger partial charge is 0.449 e. The van der Waals surface area contributed by atoms with Crippen LogP contribution < -0.4 is 0 Å². The molecule has 3 aromatic carbocycles. The van der Waals surface area contributed by atoms with E-state index in [2.05, 4.69) is 0 Å². The summed E-state index contributed by atoms with van der Waals surface area (Å²) < 4.78 is 44.0. The number of amides is 1. The van der Waals surface area contributed by atoms with Gasteiger partial charge < -0.3 is 9.64 Å². The number of alkyl halides is 3. The summed E-state index contributed by atoms with van der Waals surface area (Å²) in [5, 5.41) is 0. The Hall–Kier alpha value is -3.61. The molecule has 0 aliphatic rings. The minimum absolute atomic E-state index is 0.267. The van der Waals surface area contributed by atoms with E-state index in [1.807, 2.05) is 60.7 Å². The highest BCUT2D eigenvalue weighted by Gasteiger charge is 2.31. The zero-order chi connectivity index (χ0) is 23.1. The number of carbonyl (C=O) groups is 2. The molecule has 1 unspecified atom stereocenters. The van der Waals surface area contributed by atoms with Crippen molar-refractivity contribution in [2.45, 2.75) is 32.3 Å². The van der Waals surface area contributed by atoms with Crippen LogP contribution in [0.25, 0.3) is 0 Å². The van der Waals surface area contributed by atoms with Crippen molar-refractivity contribution in [2.24, 2.45) is 0 Å². The van der Waals surface area contributed by atoms with Crippen molar-refractivity contribution in [1.82, 2.24) is 4.90 Å². The SMILES string of the molecule is CC(OC(=O)c1cccc(C(F)(F)F)c1)C(=O)N(Cc1ccccc1)Cc1ccccc1. The average Bonchev–Trinajstić information content (AvgIpc) is 2.79. The molecule has 0 heterocycles. The predicted molar refractivity (Wildman–Crippen MR) is 113 cm³/mol. The normalized spacial score (nSPS) is 12.1. The van der Waals surface area contributed by atoms with E-state index in [9.17, 15) is 22.8 Å². The Labute approximate surface area is 184 Å². The third kappa shape index (κ3) is 6.20. The van der Waals surface area contributed by atoms with E-state index in [4.69, 9.17) is 4.74 Å². The van der Waals surface area contributed by atoms with E-state index in [0.29, 0.717) is 19.2 Å². The molecule has 1 atom stereocenters. The van der Waals surface area contributed by atoms with E-state index < -0.39 is 29.7 Å². The van der Waals surface area contributed by atoms with E-state index >= 15 is 0 Å². The molecular formula is C25H22F3NO3. The Morgan fingerprint density at radius 3 is 1.88 bits per heavy atom. The fourth-order valence-electron chi connectivity index (χ4n) is 3.18. The minimum atomic E-state index is -4.58. The molecule has 0 saturated carbocycles. The lowest BCUT2D eigenvalue weighted by Gasteiger charge is -2.26. The molecule has 3 aromatic rings. The molecular weight excluding hydrogens is 419 g/mol. The van der Waals surface area contributed by atoms with E-state index in [1.165, 1.54) is 13.0 Å². The van der Waals surface area contributed by atoms with Crippen LogP contribution in [-0.2, 0) is 28.8 Å². The van der Waals surface area contributed by atoms with Gasteiger partial charge in [-0.15, -0.1) is 0 Å². The zero-order valence-electron chi connectivity index (χ0n) is 17.4. The van der Waals surface area contributed by atoms with Gasteiger partial charge in [0.2, 0.25) is 0 Å². The number of benzene rings is 3. The Morgan fingerprint density at radius 2 is 1.38 bits per heavy atom. The van der Waals surface area contributed by atoms with Gasteiger partial charge in [0.1, 0.15) is 0 Å². The lowest BCUT2D eigenvalue weighted by molar-refractivity contribution is -0.141. The van der Waals surface area contributed by atoms with Crippen LogP contribution in [-0.4, -0.2) is 22.9 Å². The summed E-state index contributed by atoms with van der Waals surface area (Å²) >= 11 is 0. The molecule has 0 aromatic heterocycles. The number of esters is 1. The van der Waals surface area contributed by atoms with Crippen LogP contribution in [0.2, 0.25) is 0 Å². The Kier molecular flexibility index (Phi) is 7.30. The van der Waals surface area contributed by atoms with Crippen LogP contribution in [0.15, 0.2) is 84.9 Å². The summed E-state index contributed by atoms with van der Waals surface area (Å²) in [6.07, 6.45) is -5.76. The number of carbonyl (C=O) groups excluding carboxylic acids is 2. The van der Waals surface area contributed by atoms with Crippen molar-refractivity contribution in [2.75, 3.05) is 0 Å². The molecule has 0 radical (unpaired) electrons. The summed E-state index contributed by atoms with van der Waals surface area (Å²) in [5.74, 6) is -1.44. The summed E-state index contributed by atoms with van der Waals surface area (Å²) in [6, 6.07) is 22.6. The molecule has 0 spiro atoms. The highest BCUT2D eigenvalue weighted by atomic mass is 19.4. The standard InChI is InChI=1S/C25H22F3NO3/c1-18(32-24(31)21-13-8-14-22(15-21)25(26,27)28)23(30)29(16-19-9-4-2-5-10-19)17-20-11-6-3-7-12-20/h2-15,18H,16-17H2,1H3. The third-order valence-corrected chi connectivity index (χ3v) is 4.80. The van der Waals surface area contributed by atoms with Gasteiger partial charge in [0.15, 0.2) is 6.10 Å². The molecule has 32 heavy (non-hydrogen) atoms. The van der Waals surface area contributed by atoms with Crippen LogP contribution in [0.5, 0.6) is 0 Å². The molecule has 0 saturated heterocycles. The molecule has 0 fully saturated rings. The fraction of sp³-hybridized carbons (Fsp3) is 0.200. The van der Waals surface area contributed by atoms with Gasteiger partial charge in [0, 0.05) is 13.1 Å². The predicted octanol–water partition coefficient (Wildman–Crippen LogP) is 5.48. The van der Waals surface area contributed by atoms with Gasteiger partial charge in [0.05, 0.1) is 11.1 Å². The average molecular weight is 441 g/mol. The van der Waals surface area contributed by atoms with Gasteiger partial charge in [-0.25, -0.2) is 4.79 Å². The van der Waals surface area contributed by atoms with Crippen molar-refractivity contribution in [3.05, 3.63) is 107 Å². The van der Waals surface area contributed by atoms with Crippen molar-refractivity contribution >= 4 is 11.9 Å². The maximum Gasteiger partial charge on any atom is 0.416 e. The van der Waals surface area contributed by atoms with Crippen molar-refractivity contribution < 1.29 is 27.5 Å². The quantitative estimate of drug-likeness (QED) is 0.456. The van der Waals surface area contributed by atoms with Gasteiger partial charge >= 0.3 is 12.1 Å². The zero-order valence-corrected chi connectivity index (χ0v) is 17.4. The second-order valence-electron chi connectivity index (χ2n) is 7.29. The van der Waals surface area contributed by atoms with Gasteiger partial charge in [0.25, 0.3) is 5.91 Å². The molecule has 0 aliphatic carbocycles. The van der Waals surface area contributed by atoms with Crippen LogP contribution in [0.1, 0.15) is 34.0 Å². The summed E-state index contributed by atoms with van der Waals surface area (Å²) in [5.41, 5.74) is 0.569. The lowest BCUT2D eigenvalue weighted by atomic mass is 10.1. The summed E-state index contributed by atoms with van der Waals surface area (Å²) in [7, 11) is 0. The number of hydrogen-bond acceptors (Lipinski definition) is 3. The van der Waals surface area contributed by atoms with Crippen LogP contribution in [0.4, 0.5) is 13.2 Å². The number of hydrogen-bond donors (Lipinski definition) is 0. The maximum atomic E-state index is 13.1. The van der Waals surface area contributed by atoms with Crippen molar-refractivity contribution in [3.63, 3.8) is 0 Å². The second kappa shape index (κ2) is 10.1. The number of ether oxygens (including phenoxy) is 1. The first kappa shape index (κ1) is 23.1. The number of rotatable bonds is 7. The first-order chi connectivity index (χ1) is 15.2. The Balaban J connectivity index is 1.75. The first-order valence-corrected chi connectivity index (χ1v) is 9.99. The van der Waals surface area contributed by atoms with Gasteiger partial charge in [-0.05, 0) is 36.2 Å². The topological polar surface area (TPSA) is 46.6 Å². The Morgan fingerprint density at radius 1 is 0.844 bits per heavy atom.